The second kappa shape index (κ2) is 9.87. The van der Waals surface area contributed by atoms with Crippen molar-refractivity contribution in [3.63, 3.8) is 0 Å². The lowest BCUT2D eigenvalue weighted by Crippen LogP contribution is -2.44. The first-order chi connectivity index (χ1) is 14.0. The van der Waals surface area contributed by atoms with E-state index in [9.17, 15) is 4.79 Å². The molecule has 3 atom stereocenters. The van der Waals surface area contributed by atoms with Gasteiger partial charge in [0.1, 0.15) is 18.1 Å². The molecule has 0 aliphatic heterocycles. The van der Waals surface area contributed by atoms with Gasteiger partial charge in [-0.3, -0.25) is 4.79 Å². The van der Waals surface area contributed by atoms with Crippen molar-refractivity contribution in [2.24, 2.45) is 11.8 Å². The van der Waals surface area contributed by atoms with E-state index in [2.05, 4.69) is 29.4 Å². The molecule has 1 saturated carbocycles. The van der Waals surface area contributed by atoms with Crippen molar-refractivity contribution >= 4 is 17.7 Å². The molecule has 1 amide bonds. The molecule has 0 spiro atoms. The molecule has 1 aliphatic rings. The highest BCUT2D eigenvalue weighted by Gasteiger charge is 2.28. The molecule has 1 aromatic carbocycles. The van der Waals surface area contributed by atoms with Crippen molar-refractivity contribution < 1.29 is 14.3 Å². The van der Waals surface area contributed by atoms with Crippen molar-refractivity contribution in [3.05, 3.63) is 30.1 Å². The summed E-state index contributed by atoms with van der Waals surface area (Å²) in [5.41, 5.74) is 0. The van der Waals surface area contributed by atoms with Crippen LogP contribution >= 0.6 is 11.8 Å². The lowest BCUT2D eigenvalue weighted by molar-refractivity contribution is -0.120. The number of hydrogen-bond donors (Lipinski definition) is 2. The van der Waals surface area contributed by atoms with Crippen LogP contribution < -0.4 is 20.6 Å². The highest BCUT2D eigenvalue weighted by Crippen LogP contribution is 2.29. The smallest absolute Gasteiger partial charge is 0.230 e. The lowest BCUT2D eigenvalue weighted by Gasteiger charge is -2.34. The monoisotopic (exact) mass is 419 g/mol. The average Bonchev–Trinajstić information content (AvgIpc) is 3.08. The van der Waals surface area contributed by atoms with E-state index in [1.165, 1.54) is 22.9 Å². The number of nitrogens with two attached hydrogens (primary N) is 1. The first kappa shape index (κ1) is 21.3. The SMILES string of the molecule is COc1cccc(OCc2nnc(SCC(=O)NC3CCCC(C)C3C)n2N)c1. The van der Waals surface area contributed by atoms with Gasteiger partial charge in [-0.1, -0.05) is 44.5 Å². The van der Waals surface area contributed by atoms with Crippen LogP contribution in [0.2, 0.25) is 0 Å². The molecule has 2 aromatic rings. The third-order valence-electron chi connectivity index (χ3n) is 5.53. The molecular formula is C20H29N5O3S. The van der Waals surface area contributed by atoms with Crippen LogP contribution in [0.4, 0.5) is 0 Å². The highest BCUT2D eigenvalue weighted by atomic mass is 32.2. The molecule has 1 heterocycles. The van der Waals surface area contributed by atoms with Crippen LogP contribution in [0.5, 0.6) is 11.5 Å². The lowest BCUT2D eigenvalue weighted by atomic mass is 9.78. The van der Waals surface area contributed by atoms with Crippen LogP contribution in [0.15, 0.2) is 29.4 Å². The van der Waals surface area contributed by atoms with Crippen molar-refractivity contribution in [1.82, 2.24) is 20.2 Å². The summed E-state index contributed by atoms with van der Waals surface area (Å²) in [6.07, 6.45) is 3.44. The van der Waals surface area contributed by atoms with Gasteiger partial charge in [-0.2, -0.15) is 0 Å². The maximum absolute atomic E-state index is 12.4. The van der Waals surface area contributed by atoms with Gasteiger partial charge in [0, 0.05) is 12.1 Å². The Morgan fingerprint density at radius 2 is 2.10 bits per heavy atom. The number of ether oxygens (including phenoxy) is 2. The summed E-state index contributed by atoms with van der Waals surface area (Å²) in [5.74, 6) is 9.29. The molecule has 29 heavy (non-hydrogen) atoms. The van der Waals surface area contributed by atoms with Crippen molar-refractivity contribution in [2.45, 2.75) is 50.9 Å². The second-order valence-electron chi connectivity index (χ2n) is 7.47. The summed E-state index contributed by atoms with van der Waals surface area (Å²) in [6, 6.07) is 7.54. The Morgan fingerprint density at radius 3 is 2.90 bits per heavy atom. The molecule has 3 rings (SSSR count). The van der Waals surface area contributed by atoms with E-state index in [4.69, 9.17) is 15.3 Å². The van der Waals surface area contributed by atoms with Gasteiger partial charge in [-0.15, -0.1) is 10.2 Å². The molecule has 1 aromatic heterocycles. The van der Waals surface area contributed by atoms with Gasteiger partial charge in [0.2, 0.25) is 11.1 Å². The normalized spacial score (nSPS) is 21.6. The number of nitrogens with zero attached hydrogens (tertiary/aromatic N) is 3. The molecule has 0 bridgehead atoms. The van der Waals surface area contributed by atoms with Crippen molar-refractivity contribution in [3.8, 4) is 11.5 Å². The molecule has 9 heteroatoms. The third-order valence-corrected chi connectivity index (χ3v) is 6.47. The molecule has 0 radical (unpaired) electrons. The summed E-state index contributed by atoms with van der Waals surface area (Å²) < 4.78 is 12.2. The summed E-state index contributed by atoms with van der Waals surface area (Å²) in [7, 11) is 1.60. The van der Waals surface area contributed by atoms with Crippen LogP contribution in [0, 0.1) is 11.8 Å². The Labute approximate surface area is 175 Å². The molecule has 1 fully saturated rings. The number of nitrogens with one attached hydrogen (secondary N) is 1. The van der Waals surface area contributed by atoms with Gasteiger partial charge < -0.3 is 20.6 Å². The van der Waals surface area contributed by atoms with E-state index < -0.39 is 0 Å². The minimum absolute atomic E-state index is 0.00173. The number of hydrogen-bond acceptors (Lipinski definition) is 7. The molecule has 3 unspecified atom stereocenters. The molecule has 158 valence electrons. The number of thioether (sulfide) groups is 1. The van der Waals surface area contributed by atoms with Gasteiger partial charge in [-0.05, 0) is 30.4 Å². The van der Waals surface area contributed by atoms with E-state index in [0.29, 0.717) is 34.3 Å². The van der Waals surface area contributed by atoms with E-state index >= 15 is 0 Å². The van der Waals surface area contributed by atoms with Crippen molar-refractivity contribution in [2.75, 3.05) is 18.7 Å². The fourth-order valence-electron chi connectivity index (χ4n) is 3.51. The minimum Gasteiger partial charge on any atom is -0.497 e. The standard InChI is InChI=1S/C20H29N5O3S/c1-13-6-4-9-17(14(13)2)22-19(26)12-29-20-24-23-18(25(20)21)11-28-16-8-5-7-15(10-16)27-3/h5,7-8,10,13-14,17H,4,6,9,11-12,21H2,1-3H3,(H,22,26). The molecule has 1 aliphatic carbocycles. The van der Waals surface area contributed by atoms with Crippen LogP contribution in [0.1, 0.15) is 38.9 Å². The number of rotatable bonds is 8. The predicted octanol–water partition coefficient (Wildman–Crippen LogP) is 2.61. The topological polar surface area (TPSA) is 104 Å². The Bertz CT molecular complexity index is 828. The van der Waals surface area contributed by atoms with E-state index in [0.717, 1.165) is 12.8 Å². The van der Waals surface area contributed by atoms with E-state index in [-0.39, 0.29) is 24.3 Å². The van der Waals surface area contributed by atoms with Crippen molar-refractivity contribution in [1.29, 1.82) is 0 Å². The zero-order valence-corrected chi connectivity index (χ0v) is 17.9. The first-order valence-electron chi connectivity index (χ1n) is 9.86. The summed E-state index contributed by atoms with van der Waals surface area (Å²) in [4.78, 5) is 12.4. The largest absolute Gasteiger partial charge is 0.497 e. The van der Waals surface area contributed by atoms with Crippen LogP contribution in [-0.2, 0) is 11.4 Å². The number of amides is 1. The minimum atomic E-state index is -0.00173. The fourth-order valence-corrected chi connectivity index (χ4v) is 4.19. The van der Waals surface area contributed by atoms with Gasteiger partial charge in [0.25, 0.3) is 0 Å². The Kier molecular flexibility index (Phi) is 7.24. The van der Waals surface area contributed by atoms with E-state index in [1.54, 1.807) is 13.2 Å². The Balaban J connectivity index is 1.49. The second-order valence-corrected chi connectivity index (χ2v) is 8.41. The molecule has 0 saturated heterocycles. The maximum Gasteiger partial charge on any atom is 0.230 e. The summed E-state index contributed by atoms with van der Waals surface area (Å²) >= 11 is 1.27. The predicted molar refractivity (Wildman–Crippen MR) is 112 cm³/mol. The zero-order valence-electron chi connectivity index (χ0n) is 17.1. The first-order valence-corrected chi connectivity index (χ1v) is 10.8. The number of nitrogen functional groups attached to an aromatic ring is 1. The van der Waals surface area contributed by atoms with Gasteiger partial charge in [0.05, 0.1) is 12.9 Å². The summed E-state index contributed by atoms with van der Waals surface area (Å²) in [5, 5.41) is 11.8. The summed E-state index contributed by atoms with van der Waals surface area (Å²) in [6.45, 7) is 4.64. The molecule has 3 N–H and O–H groups in total. The number of methoxy groups -OCH3 is 1. The van der Waals surface area contributed by atoms with Gasteiger partial charge in [-0.25, -0.2) is 4.68 Å². The zero-order chi connectivity index (χ0) is 20.8. The Hall–Kier alpha value is -2.42. The van der Waals surface area contributed by atoms with Crippen LogP contribution in [0.25, 0.3) is 0 Å². The van der Waals surface area contributed by atoms with Gasteiger partial charge in [0.15, 0.2) is 5.82 Å². The fraction of sp³-hybridized carbons (Fsp3) is 0.550. The molecular weight excluding hydrogens is 390 g/mol. The third kappa shape index (κ3) is 5.56. The molecule has 8 nitrogen and oxygen atoms in total. The van der Waals surface area contributed by atoms with E-state index in [1.807, 2.05) is 18.2 Å². The highest BCUT2D eigenvalue weighted by molar-refractivity contribution is 7.99. The maximum atomic E-state index is 12.4. The van der Waals surface area contributed by atoms with Gasteiger partial charge >= 0.3 is 0 Å². The van der Waals surface area contributed by atoms with Crippen LogP contribution in [-0.4, -0.2) is 39.7 Å². The quantitative estimate of drug-likeness (QED) is 0.501. The number of carbonyl (C=O) groups is 1. The number of carbonyl (C=O) groups excluding carboxylic acids is 1. The van der Waals surface area contributed by atoms with Crippen LogP contribution in [0.3, 0.4) is 0 Å². The number of aromatic nitrogens is 3. The Morgan fingerprint density at radius 1 is 1.31 bits per heavy atom. The average molecular weight is 420 g/mol. The number of benzene rings is 1.